The van der Waals surface area contributed by atoms with Crippen LogP contribution in [0.25, 0.3) is 0 Å². The molecule has 1 heterocycles. The van der Waals surface area contributed by atoms with Gasteiger partial charge in [-0.2, -0.15) is 5.26 Å². The van der Waals surface area contributed by atoms with E-state index < -0.39 is 0 Å². The Hall–Kier alpha value is -2.20. The minimum Gasteiger partial charge on any atom is -0.459 e. The zero-order valence-corrected chi connectivity index (χ0v) is 21.0. The van der Waals surface area contributed by atoms with Gasteiger partial charge in [0.05, 0.1) is 18.8 Å². The molecule has 0 aliphatic heterocycles. The van der Waals surface area contributed by atoms with Crippen LogP contribution in [0.4, 0.5) is 0 Å². The normalized spacial score (nSPS) is 18.9. The first-order valence-corrected chi connectivity index (χ1v) is 13.5. The lowest BCUT2D eigenvalue weighted by Gasteiger charge is -2.23. The first kappa shape index (κ1) is 26.4. The van der Waals surface area contributed by atoms with Gasteiger partial charge in [-0.05, 0) is 86.1 Å². The van der Waals surface area contributed by atoms with E-state index in [4.69, 9.17) is 9.84 Å². The van der Waals surface area contributed by atoms with Crippen LogP contribution in [-0.2, 0) is 11.2 Å². The van der Waals surface area contributed by atoms with Gasteiger partial charge in [0.1, 0.15) is 11.5 Å². The number of rotatable bonds is 13. The van der Waals surface area contributed by atoms with Crippen LogP contribution in [0.1, 0.15) is 85.7 Å². The summed E-state index contributed by atoms with van der Waals surface area (Å²) in [6.45, 7) is 2.03. The van der Waals surface area contributed by atoms with Crippen LogP contribution in [0.2, 0.25) is 0 Å². The molecule has 0 aromatic carbocycles. The summed E-state index contributed by atoms with van der Waals surface area (Å²) in [6, 6.07) is 6.23. The molecule has 0 fully saturated rings. The Kier molecular flexibility index (Phi) is 10.6. The molecule has 6 heteroatoms. The lowest BCUT2D eigenvalue weighted by molar-refractivity contribution is 0.0439. The molecule has 1 unspecified atom stereocenters. The van der Waals surface area contributed by atoms with Gasteiger partial charge >= 0.3 is 5.97 Å². The zero-order valence-electron chi connectivity index (χ0n) is 20.2. The molecule has 2 aliphatic carbocycles. The van der Waals surface area contributed by atoms with Gasteiger partial charge in [0, 0.05) is 10.5 Å². The van der Waals surface area contributed by atoms with Crippen molar-refractivity contribution in [2.45, 2.75) is 83.7 Å². The smallest absolute Gasteiger partial charge is 0.348 e. The fraction of sp³-hybridized carbons (Fsp3) is 0.571. The summed E-state index contributed by atoms with van der Waals surface area (Å²) >= 11 is 1.45. The van der Waals surface area contributed by atoms with Gasteiger partial charge in [0.2, 0.25) is 0 Å². The molecule has 0 radical (unpaired) electrons. The zero-order chi connectivity index (χ0) is 24.3. The van der Waals surface area contributed by atoms with Crippen molar-refractivity contribution in [1.29, 1.82) is 5.26 Å². The number of aliphatic hydroxyl groups is 2. The molecule has 2 N–H and O–H groups in total. The molecule has 0 bridgehead atoms. The summed E-state index contributed by atoms with van der Waals surface area (Å²) in [5.41, 5.74) is 4.58. The topological polar surface area (TPSA) is 90.5 Å². The third-order valence-corrected chi connectivity index (χ3v) is 7.94. The maximum atomic E-state index is 11.9. The molecular weight excluding hydrogens is 446 g/mol. The summed E-state index contributed by atoms with van der Waals surface area (Å²) in [5, 5.41) is 29.0. The van der Waals surface area contributed by atoms with E-state index in [1.165, 1.54) is 22.5 Å². The van der Waals surface area contributed by atoms with Crippen LogP contribution >= 0.6 is 11.3 Å². The van der Waals surface area contributed by atoms with Crippen LogP contribution in [0, 0.1) is 17.2 Å². The summed E-state index contributed by atoms with van der Waals surface area (Å²) in [4.78, 5) is 13.7. The second kappa shape index (κ2) is 13.6. The second-order valence-electron chi connectivity index (χ2n) is 9.20. The minimum absolute atomic E-state index is 0.0223. The molecule has 5 nitrogen and oxygen atoms in total. The number of hydrogen-bond donors (Lipinski definition) is 2. The Morgan fingerprint density at radius 1 is 1.24 bits per heavy atom. The monoisotopic (exact) mass is 483 g/mol. The Labute approximate surface area is 207 Å². The van der Waals surface area contributed by atoms with Gasteiger partial charge in [0.25, 0.3) is 0 Å². The number of thiophene rings is 1. The summed E-state index contributed by atoms with van der Waals surface area (Å²) < 4.78 is 4.99. The van der Waals surface area contributed by atoms with E-state index >= 15 is 0 Å². The van der Waals surface area contributed by atoms with Crippen molar-refractivity contribution in [1.82, 2.24) is 0 Å². The number of carbonyl (C=O) groups is 1. The Bertz CT molecular complexity index is 965. The number of nitrogens with zero attached hydrogens (tertiary/aromatic N) is 1. The largest absolute Gasteiger partial charge is 0.459 e. The predicted molar refractivity (Wildman–Crippen MR) is 136 cm³/mol. The summed E-state index contributed by atoms with van der Waals surface area (Å²) in [7, 11) is 0. The number of nitriles is 1. The highest BCUT2D eigenvalue weighted by Gasteiger charge is 2.29. The maximum Gasteiger partial charge on any atom is 0.348 e. The van der Waals surface area contributed by atoms with Crippen molar-refractivity contribution in [2.75, 3.05) is 13.2 Å². The fourth-order valence-electron chi connectivity index (χ4n) is 4.99. The molecule has 2 aliphatic rings. The molecule has 0 spiro atoms. The first-order valence-electron chi connectivity index (χ1n) is 12.6. The SMILES string of the molecule is CCCCCC(O)C1=CC=C(C2=C(C#N)CC[C@@H]2CCCc2ccc(C(=O)OCCO)s2)CC1. The van der Waals surface area contributed by atoms with Crippen molar-refractivity contribution < 1.29 is 19.7 Å². The number of unbranched alkanes of at least 4 members (excludes halogenated alkanes) is 2. The van der Waals surface area contributed by atoms with Crippen molar-refractivity contribution in [3.05, 3.63) is 56.3 Å². The highest BCUT2D eigenvalue weighted by molar-refractivity contribution is 7.13. The third kappa shape index (κ3) is 7.15. The predicted octanol–water partition coefficient (Wildman–Crippen LogP) is 6.04. The molecule has 3 rings (SSSR count). The van der Waals surface area contributed by atoms with Crippen LogP contribution in [0.3, 0.4) is 0 Å². The van der Waals surface area contributed by atoms with E-state index in [1.54, 1.807) is 6.07 Å². The molecule has 34 heavy (non-hydrogen) atoms. The van der Waals surface area contributed by atoms with Gasteiger partial charge in [-0.25, -0.2) is 4.79 Å². The number of allylic oxidation sites excluding steroid dienone is 5. The third-order valence-electron chi connectivity index (χ3n) is 6.81. The average molecular weight is 484 g/mol. The van der Waals surface area contributed by atoms with Crippen LogP contribution < -0.4 is 0 Å². The van der Waals surface area contributed by atoms with E-state index in [0.717, 1.165) is 86.7 Å². The lowest BCUT2D eigenvalue weighted by atomic mass is 9.83. The highest BCUT2D eigenvalue weighted by Crippen LogP contribution is 2.42. The second-order valence-corrected chi connectivity index (χ2v) is 10.4. The molecule has 0 amide bonds. The molecule has 184 valence electrons. The standard InChI is InChI=1S/C28H37NO4S/c1-2-3-4-8-25(31)20-9-11-22(12-10-20)27-21(13-14-23(27)19-29)6-5-7-24-15-16-26(34-24)28(32)33-18-17-30/h9,11,15-16,21,25,30-31H,2-8,10,12-14,17-18H2,1H3/t21-,25?/m0/s1. The fourth-order valence-corrected chi connectivity index (χ4v) is 5.93. The molecule has 1 aromatic rings. The molecule has 0 saturated heterocycles. The molecular formula is C28H37NO4S. The van der Waals surface area contributed by atoms with E-state index in [2.05, 4.69) is 25.1 Å². The van der Waals surface area contributed by atoms with Gasteiger partial charge in [-0.15, -0.1) is 11.3 Å². The van der Waals surface area contributed by atoms with Crippen LogP contribution in [-0.4, -0.2) is 35.5 Å². The van der Waals surface area contributed by atoms with E-state index in [9.17, 15) is 15.2 Å². The van der Waals surface area contributed by atoms with Gasteiger partial charge in [-0.1, -0.05) is 38.3 Å². The summed E-state index contributed by atoms with van der Waals surface area (Å²) in [5.74, 6) is 0.0244. The van der Waals surface area contributed by atoms with E-state index in [0.29, 0.717) is 10.8 Å². The van der Waals surface area contributed by atoms with Crippen molar-refractivity contribution in [3.63, 3.8) is 0 Å². The molecule has 1 aromatic heterocycles. The average Bonchev–Trinajstić information content (AvgIpc) is 3.50. The Morgan fingerprint density at radius 3 is 2.79 bits per heavy atom. The van der Waals surface area contributed by atoms with Crippen LogP contribution in [0.5, 0.6) is 0 Å². The van der Waals surface area contributed by atoms with E-state index in [-0.39, 0.29) is 25.3 Å². The lowest BCUT2D eigenvalue weighted by Crippen LogP contribution is -2.13. The molecule has 0 saturated carbocycles. The van der Waals surface area contributed by atoms with Crippen molar-refractivity contribution in [3.8, 4) is 6.07 Å². The number of ether oxygens (including phenoxy) is 1. The van der Waals surface area contributed by atoms with Crippen molar-refractivity contribution >= 4 is 17.3 Å². The molecule has 2 atom stereocenters. The van der Waals surface area contributed by atoms with E-state index in [1.807, 2.05) is 6.07 Å². The number of aryl methyl sites for hydroxylation is 1. The van der Waals surface area contributed by atoms with Gasteiger partial charge in [0.15, 0.2) is 0 Å². The van der Waals surface area contributed by atoms with Crippen LogP contribution in [0.15, 0.2) is 46.6 Å². The first-order chi connectivity index (χ1) is 16.6. The maximum absolute atomic E-state index is 11.9. The number of aliphatic hydroxyl groups excluding tert-OH is 2. The highest BCUT2D eigenvalue weighted by atomic mass is 32.1. The summed E-state index contributed by atoms with van der Waals surface area (Å²) in [6.07, 6.45) is 14.7. The number of carbonyl (C=O) groups excluding carboxylic acids is 1. The van der Waals surface area contributed by atoms with Crippen molar-refractivity contribution in [2.24, 2.45) is 5.92 Å². The Morgan fingerprint density at radius 2 is 2.09 bits per heavy atom. The Balaban J connectivity index is 1.57. The van der Waals surface area contributed by atoms with Gasteiger partial charge in [-0.3, -0.25) is 0 Å². The number of esters is 1. The quantitative estimate of drug-likeness (QED) is 0.264. The van der Waals surface area contributed by atoms with Gasteiger partial charge < -0.3 is 14.9 Å². The minimum atomic E-state index is -0.378. The number of hydrogen-bond acceptors (Lipinski definition) is 6.